The van der Waals surface area contributed by atoms with Crippen LogP contribution in [0, 0.1) is 6.92 Å². The molecule has 7 nitrogen and oxygen atoms in total. The lowest BCUT2D eigenvalue weighted by Gasteiger charge is -2.18. The zero-order valence-electron chi connectivity index (χ0n) is 18.0. The molecule has 0 saturated heterocycles. The van der Waals surface area contributed by atoms with Crippen LogP contribution in [0.25, 0.3) is 0 Å². The Kier molecular flexibility index (Phi) is 5.75. The van der Waals surface area contributed by atoms with Crippen molar-refractivity contribution in [3.8, 4) is 5.75 Å². The van der Waals surface area contributed by atoms with Gasteiger partial charge in [-0.1, -0.05) is 18.2 Å². The molecule has 1 fully saturated rings. The predicted octanol–water partition coefficient (Wildman–Crippen LogP) is 4.64. The molecule has 0 bridgehead atoms. The van der Waals surface area contributed by atoms with E-state index in [1.807, 2.05) is 68.4 Å². The summed E-state index contributed by atoms with van der Waals surface area (Å²) in [6.07, 6.45) is 1.64. The van der Waals surface area contributed by atoms with Crippen LogP contribution < -0.4 is 20.7 Å². The highest BCUT2D eigenvalue weighted by Gasteiger charge is 2.52. The molecule has 160 valence electrons. The number of ether oxygens (including phenoxy) is 1. The van der Waals surface area contributed by atoms with Crippen LogP contribution in [0.4, 0.5) is 23.1 Å². The van der Waals surface area contributed by atoms with Crippen molar-refractivity contribution in [2.45, 2.75) is 32.1 Å². The summed E-state index contributed by atoms with van der Waals surface area (Å²) in [5.41, 5.74) is 2.95. The molecule has 3 aromatic rings. The van der Waals surface area contributed by atoms with Gasteiger partial charge in [0.05, 0.1) is 12.5 Å². The number of nitrogens with zero attached hydrogens (tertiary/aromatic N) is 2. The molecule has 7 heteroatoms. The topological polar surface area (TPSA) is 88.2 Å². The number of hydrogen-bond acceptors (Lipinski definition) is 6. The molecule has 1 aliphatic carbocycles. The van der Waals surface area contributed by atoms with Crippen molar-refractivity contribution in [1.82, 2.24) is 9.97 Å². The normalized spacial score (nSPS) is 13.9. The first kappa shape index (κ1) is 20.7. The van der Waals surface area contributed by atoms with E-state index in [0.29, 0.717) is 11.8 Å². The lowest BCUT2D eigenvalue weighted by atomic mass is 9.94. The second kappa shape index (κ2) is 8.63. The van der Waals surface area contributed by atoms with Crippen molar-refractivity contribution in [2.24, 2.45) is 0 Å². The summed E-state index contributed by atoms with van der Waals surface area (Å²) >= 11 is 0. The maximum absolute atomic E-state index is 13.1. The molecule has 1 amide bonds. The van der Waals surface area contributed by atoms with Crippen molar-refractivity contribution < 1.29 is 9.53 Å². The maximum Gasteiger partial charge on any atom is 0.235 e. The first-order valence-corrected chi connectivity index (χ1v) is 10.5. The van der Waals surface area contributed by atoms with Crippen molar-refractivity contribution in [1.29, 1.82) is 0 Å². The molecule has 4 rings (SSSR count). The van der Waals surface area contributed by atoms with Crippen LogP contribution in [0.5, 0.6) is 5.75 Å². The van der Waals surface area contributed by atoms with Crippen molar-refractivity contribution in [2.75, 3.05) is 29.6 Å². The molecule has 31 heavy (non-hydrogen) atoms. The number of rotatable bonds is 8. The van der Waals surface area contributed by atoms with E-state index in [0.717, 1.165) is 47.8 Å². The van der Waals surface area contributed by atoms with Gasteiger partial charge in [-0.15, -0.1) is 0 Å². The lowest BCUT2D eigenvalue weighted by molar-refractivity contribution is -0.118. The average molecular weight is 418 g/mol. The SMILES string of the molecule is CCNc1nc(C)cc(Nc2ccc(NC(=O)C3(c4ccccc4OC)CC3)cc2)n1. The highest BCUT2D eigenvalue weighted by Crippen LogP contribution is 2.52. The number of amides is 1. The third-order valence-electron chi connectivity index (χ3n) is 5.41. The maximum atomic E-state index is 13.1. The summed E-state index contributed by atoms with van der Waals surface area (Å²) < 4.78 is 5.47. The number of carbonyl (C=O) groups excluding carboxylic acids is 1. The number of anilines is 4. The molecule has 0 spiro atoms. The van der Waals surface area contributed by atoms with Gasteiger partial charge in [0.25, 0.3) is 0 Å². The Balaban J connectivity index is 1.45. The van der Waals surface area contributed by atoms with E-state index >= 15 is 0 Å². The average Bonchev–Trinajstić information content (AvgIpc) is 3.57. The van der Waals surface area contributed by atoms with E-state index in [-0.39, 0.29) is 5.91 Å². The van der Waals surface area contributed by atoms with Crippen LogP contribution in [0.2, 0.25) is 0 Å². The van der Waals surface area contributed by atoms with Gasteiger partial charge in [0, 0.05) is 35.2 Å². The van der Waals surface area contributed by atoms with Crippen LogP contribution in [0.1, 0.15) is 31.0 Å². The van der Waals surface area contributed by atoms with Crippen LogP contribution in [-0.4, -0.2) is 29.5 Å². The standard InChI is InChI=1S/C24H27N5O2/c1-4-25-23-26-16(2)15-21(29-23)27-17-9-11-18(12-10-17)28-22(30)24(13-14-24)19-7-5-6-8-20(19)31-3/h5-12,15H,4,13-14H2,1-3H3,(H,28,30)(H2,25,26,27,29). The van der Waals surface area contributed by atoms with Crippen molar-refractivity contribution >= 4 is 29.0 Å². The lowest BCUT2D eigenvalue weighted by Crippen LogP contribution is -2.28. The summed E-state index contributed by atoms with van der Waals surface area (Å²) in [7, 11) is 1.64. The molecular weight excluding hydrogens is 390 g/mol. The molecule has 0 atom stereocenters. The molecule has 1 aromatic heterocycles. The predicted molar refractivity (Wildman–Crippen MR) is 123 cm³/mol. The molecule has 2 aromatic carbocycles. The fourth-order valence-corrected chi connectivity index (χ4v) is 3.69. The fraction of sp³-hybridized carbons (Fsp3) is 0.292. The van der Waals surface area contributed by atoms with Crippen molar-refractivity contribution in [3.05, 3.63) is 65.9 Å². The van der Waals surface area contributed by atoms with Gasteiger partial charge in [-0.2, -0.15) is 4.98 Å². The zero-order valence-corrected chi connectivity index (χ0v) is 18.0. The molecule has 1 heterocycles. The Hall–Kier alpha value is -3.61. The summed E-state index contributed by atoms with van der Waals surface area (Å²) in [4.78, 5) is 21.9. The Morgan fingerprint density at radius 2 is 1.77 bits per heavy atom. The summed E-state index contributed by atoms with van der Waals surface area (Å²) in [5, 5.41) is 9.48. The number of methoxy groups -OCH3 is 1. The van der Waals surface area contributed by atoms with E-state index in [1.165, 1.54) is 0 Å². The van der Waals surface area contributed by atoms with Crippen LogP contribution in [0.15, 0.2) is 54.6 Å². The van der Waals surface area contributed by atoms with Crippen molar-refractivity contribution in [3.63, 3.8) is 0 Å². The zero-order chi connectivity index (χ0) is 21.8. The van der Waals surface area contributed by atoms with E-state index in [2.05, 4.69) is 25.9 Å². The number of hydrogen-bond donors (Lipinski definition) is 3. The van der Waals surface area contributed by atoms with Gasteiger partial charge >= 0.3 is 0 Å². The molecular formula is C24H27N5O2. The van der Waals surface area contributed by atoms with Crippen LogP contribution in [-0.2, 0) is 10.2 Å². The van der Waals surface area contributed by atoms with Gasteiger partial charge < -0.3 is 20.7 Å². The van der Waals surface area contributed by atoms with Crippen LogP contribution >= 0.6 is 0 Å². The van der Waals surface area contributed by atoms with E-state index < -0.39 is 5.41 Å². The van der Waals surface area contributed by atoms with Gasteiger partial charge in [0.1, 0.15) is 11.6 Å². The molecule has 0 unspecified atom stereocenters. The highest BCUT2D eigenvalue weighted by atomic mass is 16.5. The molecule has 3 N–H and O–H groups in total. The fourth-order valence-electron chi connectivity index (χ4n) is 3.69. The quantitative estimate of drug-likeness (QED) is 0.495. The summed E-state index contributed by atoms with van der Waals surface area (Å²) in [5.74, 6) is 2.07. The monoisotopic (exact) mass is 417 g/mol. The Bertz CT molecular complexity index is 1080. The Labute approximate surface area is 182 Å². The minimum Gasteiger partial charge on any atom is -0.496 e. The molecule has 1 aliphatic rings. The van der Waals surface area contributed by atoms with Gasteiger partial charge in [0.15, 0.2) is 0 Å². The third kappa shape index (κ3) is 4.45. The number of benzene rings is 2. The number of aromatic nitrogens is 2. The minimum atomic E-state index is -0.509. The van der Waals surface area contributed by atoms with Gasteiger partial charge in [0.2, 0.25) is 11.9 Å². The van der Waals surface area contributed by atoms with Gasteiger partial charge in [-0.25, -0.2) is 4.98 Å². The van der Waals surface area contributed by atoms with E-state index in [9.17, 15) is 4.79 Å². The number of nitrogens with one attached hydrogen (secondary N) is 3. The molecule has 0 aliphatic heterocycles. The summed E-state index contributed by atoms with van der Waals surface area (Å²) in [6, 6.07) is 17.2. The van der Waals surface area contributed by atoms with Crippen LogP contribution in [0.3, 0.4) is 0 Å². The second-order valence-corrected chi connectivity index (χ2v) is 7.69. The number of para-hydroxylation sites is 1. The van der Waals surface area contributed by atoms with E-state index in [4.69, 9.17) is 4.74 Å². The first-order valence-electron chi connectivity index (χ1n) is 10.5. The van der Waals surface area contributed by atoms with Gasteiger partial charge in [-0.3, -0.25) is 4.79 Å². The smallest absolute Gasteiger partial charge is 0.235 e. The second-order valence-electron chi connectivity index (χ2n) is 7.69. The Morgan fingerprint density at radius 3 is 2.45 bits per heavy atom. The third-order valence-corrected chi connectivity index (χ3v) is 5.41. The molecule has 1 saturated carbocycles. The molecule has 0 radical (unpaired) electrons. The first-order chi connectivity index (χ1) is 15.0. The number of aryl methyl sites for hydroxylation is 1. The largest absolute Gasteiger partial charge is 0.496 e. The Morgan fingerprint density at radius 1 is 1.06 bits per heavy atom. The highest BCUT2D eigenvalue weighted by molar-refractivity contribution is 6.02. The number of carbonyl (C=O) groups is 1. The van der Waals surface area contributed by atoms with Gasteiger partial charge in [-0.05, 0) is 57.0 Å². The minimum absolute atomic E-state index is 0.000541. The van der Waals surface area contributed by atoms with E-state index in [1.54, 1.807) is 7.11 Å². The summed E-state index contributed by atoms with van der Waals surface area (Å²) in [6.45, 7) is 4.70.